The summed E-state index contributed by atoms with van der Waals surface area (Å²) in [5.74, 6) is 0.00672. The molecule has 4 heteroatoms. The quantitative estimate of drug-likeness (QED) is 0.717. The fourth-order valence-corrected chi connectivity index (χ4v) is 5.27. The zero-order valence-electron chi connectivity index (χ0n) is 17.5. The molecule has 1 fully saturated rings. The number of amides is 1. The third-order valence-corrected chi connectivity index (χ3v) is 6.71. The Morgan fingerprint density at radius 2 is 1.83 bits per heavy atom. The molecule has 2 aliphatic heterocycles. The van der Waals surface area contributed by atoms with Crippen molar-refractivity contribution in [3.63, 3.8) is 0 Å². The Hall–Kier alpha value is -2.85. The number of hydrogen-bond donors (Lipinski definition) is 0. The van der Waals surface area contributed by atoms with Crippen molar-refractivity contribution in [2.75, 3.05) is 31.2 Å². The van der Waals surface area contributed by atoms with Crippen LogP contribution in [0.5, 0.6) is 0 Å². The minimum atomic E-state index is -0.0413. The molecule has 0 N–H and O–H groups in total. The van der Waals surface area contributed by atoms with Gasteiger partial charge in [-0.1, -0.05) is 43.0 Å². The molecule has 1 amide bonds. The molecule has 1 saturated heterocycles. The first kappa shape index (κ1) is 19.1. The lowest BCUT2D eigenvalue weighted by atomic mass is 9.85. The van der Waals surface area contributed by atoms with Crippen molar-refractivity contribution >= 4 is 17.2 Å². The number of fused-ring (bicyclic) bond motifs is 2. The second-order valence-corrected chi connectivity index (χ2v) is 8.43. The SMILES string of the molecule is C=CC(=O)N1[C@@H](c2ccc(N3CCOCC3)cc2)C2=C(C[C@@H]1C)c1ccccc1C2. The smallest absolute Gasteiger partial charge is 0.246 e. The lowest BCUT2D eigenvalue weighted by Crippen LogP contribution is -2.44. The van der Waals surface area contributed by atoms with Crippen molar-refractivity contribution < 1.29 is 9.53 Å². The van der Waals surface area contributed by atoms with E-state index in [4.69, 9.17) is 4.74 Å². The van der Waals surface area contributed by atoms with Crippen LogP contribution in [-0.2, 0) is 16.0 Å². The minimum absolute atomic E-state index is 0.00672. The first-order valence-corrected chi connectivity index (χ1v) is 10.8. The number of carbonyl (C=O) groups excluding carboxylic acids is 1. The van der Waals surface area contributed by atoms with E-state index in [1.165, 1.54) is 39.6 Å². The van der Waals surface area contributed by atoms with Gasteiger partial charge in [-0.2, -0.15) is 0 Å². The number of anilines is 1. The van der Waals surface area contributed by atoms with Crippen LogP contribution in [-0.4, -0.2) is 43.2 Å². The molecule has 0 aromatic heterocycles. The lowest BCUT2D eigenvalue weighted by molar-refractivity contribution is -0.130. The van der Waals surface area contributed by atoms with E-state index in [0.29, 0.717) is 0 Å². The molecule has 0 saturated carbocycles. The van der Waals surface area contributed by atoms with Gasteiger partial charge in [0.2, 0.25) is 5.91 Å². The van der Waals surface area contributed by atoms with Crippen LogP contribution in [0.4, 0.5) is 5.69 Å². The summed E-state index contributed by atoms with van der Waals surface area (Å²) in [5, 5.41) is 0. The highest BCUT2D eigenvalue weighted by Crippen LogP contribution is 2.48. The summed E-state index contributed by atoms with van der Waals surface area (Å²) in [4.78, 5) is 17.3. The summed E-state index contributed by atoms with van der Waals surface area (Å²) < 4.78 is 5.48. The van der Waals surface area contributed by atoms with Gasteiger partial charge in [-0.05, 0) is 65.8 Å². The molecule has 4 nitrogen and oxygen atoms in total. The topological polar surface area (TPSA) is 32.8 Å². The fraction of sp³-hybridized carbons (Fsp3) is 0.346. The molecule has 0 bridgehead atoms. The van der Waals surface area contributed by atoms with Gasteiger partial charge in [0, 0.05) is 24.8 Å². The summed E-state index contributed by atoms with van der Waals surface area (Å²) in [6.07, 6.45) is 3.27. The van der Waals surface area contributed by atoms with Gasteiger partial charge >= 0.3 is 0 Å². The maximum Gasteiger partial charge on any atom is 0.246 e. The Labute approximate surface area is 178 Å². The molecule has 154 valence electrons. The summed E-state index contributed by atoms with van der Waals surface area (Å²) in [7, 11) is 0. The van der Waals surface area contributed by atoms with Crippen LogP contribution in [0, 0.1) is 0 Å². The van der Waals surface area contributed by atoms with E-state index in [1.807, 2.05) is 4.90 Å². The average molecular weight is 401 g/mol. The van der Waals surface area contributed by atoms with Crippen molar-refractivity contribution in [2.45, 2.75) is 31.8 Å². The molecular formula is C26H28N2O2. The molecule has 2 aromatic carbocycles. The minimum Gasteiger partial charge on any atom is -0.378 e. The molecular weight excluding hydrogens is 372 g/mol. The molecule has 5 rings (SSSR count). The van der Waals surface area contributed by atoms with Crippen molar-refractivity contribution in [1.82, 2.24) is 4.90 Å². The molecule has 2 atom stereocenters. The van der Waals surface area contributed by atoms with Gasteiger partial charge in [-0.3, -0.25) is 4.79 Å². The molecule has 30 heavy (non-hydrogen) atoms. The highest BCUT2D eigenvalue weighted by atomic mass is 16.5. The van der Waals surface area contributed by atoms with Crippen molar-refractivity contribution in [2.24, 2.45) is 0 Å². The van der Waals surface area contributed by atoms with Crippen LogP contribution in [0.25, 0.3) is 5.57 Å². The highest BCUT2D eigenvalue weighted by Gasteiger charge is 2.40. The van der Waals surface area contributed by atoms with Gasteiger partial charge in [0.25, 0.3) is 0 Å². The zero-order valence-corrected chi connectivity index (χ0v) is 17.5. The molecule has 0 unspecified atom stereocenters. The molecule has 2 heterocycles. The molecule has 0 spiro atoms. The normalized spacial score (nSPS) is 23.2. The zero-order chi connectivity index (χ0) is 20.7. The van der Waals surface area contributed by atoms with Crippen molar-refractivity contribution in [3.8, 4) is 0 Å². The predicted molar refractivity (Wildman–Crippen MR) is 120 cm³/mol. The summed E-state index contributed by atoms with van der Waals surface area (Å²) in [6, 6.07) is 17.5. The number of hydrogen-bond acceptors (Lipinski definition) is 3. The first-order valence-electron chi connectivity index (χ1n) is 10.8. The number of morpholine rings is 1. The third kappa shape index (κ3) is 3.16. The number of benzene rings is 2. The number of ether oxygens (including phenoxy) is 1. The van der Waals surface area contributed by atoms with Crippen LogP contribution >= 0.6 is 0 Å². The third-order valence-electron chi connectivity index (χ3n) is 6.71. The number of nitrogens with zero attached hydrogens (tertiary/aromatic N) is 2. The average Bonchev–Trinajstić information content (AvgIpc) is 3.16. The maximum atomic E-state index is 12.9. The van der Waals surface area contributed by atoms with Gasteiger partial charge in [0.1, 0.15) is 0 Å². The first-order chi connectivity index (χ1) is 14.7. The predicted octanol–water partition coefficient (Wildman–Crippen LogP) is 4.38. The van der Waals surface area contributed by atoms with Crippen LogP contribution in [0.15, 0.2) is 66.8 Å². The van der Waals surface area contributed by atoms with Gasteiger partial charge in [0.15, 0.2) is 0 Å². The van der Waals surface area contributed by atoms with Gasteiger partial charge in [-0.25, -0.2) is 0 Å². The summed E-state index contributed by atoms with van der Waals surface area (Å²) >= 11 is 0. The van der Waals surface area contributed by atoms with E-state index in [-0.39, 0.29) is 18.0 Å². The van der Waals surface area contributed by atoms with Gasteiger partial charge in [0.05, 0.1) is 19.3 Å². The Kier molecular flexibility index (Phi) is 4.95. The summed E-state index contributed by atoms with van der Waals surface area (Å²) in [6.45, 7) is 9.32. The number of rotatable bonds is 3. The summed E-state index contributed by atoms with van der Waals surface area (Å²) in [5.41, 5.74) is 7.92. The van der Waals surface area contributed by atoms with Gasteiger partial charge < -0.3 is 14.5 Å². The van der Waals surface area contributed by atoms with E-state index in [9.17, 15) is 4.79 Å². The second kappa shape index (κ2) is 7.77. The Morgan fingerprint density at radius 1 is 1.10 bits per heavy atom. The van der Waals surface area contributed by atoms with Crippen molar-refractivity contribution in [3.05, 3.63) is 83.4 Å². The van der Waals surface area contributed by atoms with E-state index in [1.54, 1.807) is 0 Å². The fourth-order valence-electron chi connectivity index (χ4n) is 5.27. The van der Waals surface area contributed by atoms with Crippen LogP contribution in [0.1, 0.15) is 36.1 Å². The van der Waals surface area contributed by atoms with E-state index in [2.05, 4.69) is 66.9 Å². The maximum absolute atomic E-state index is 12.9. The highest BCUT2D eigenvalue weighted by molar-refractivity contribution is 5.90. The monoisotopic (exact) mass is 400 g/mol. The largest absolute Gasteiger partial charge is 0.378 e. The van der Waals surface area contributed by atoms with E-state index >= 15 is 0 Å². The Bertz CT molecular complexity index is 1000. The Morgan fingerprint density at radius 3 is 2.57 bits per heavy atom. The van der Waals surface area contributed by atoms with Crippen LogP contribution in [0.3, 0.4) is 0 Å². The van der Waals surface area contributed by atoms with Crippen LogP contribution in [0.2, 0.25) is 0 Å². The lowest BCUT2D eigenvalue weighted by Gasteiger charge is -2.42. The standard InChI is InChI=1S/C26H28N2O2/c1-3-25(29)28-18(2)16-23-22-7-5-4-6-20(22)17-24(23)26(28)19-8-10-21(11-9-19)27-12-14-30-15-13-27/h3-11,18,26H,1,12-17H2,2H3/t18-,26-/m0/s1. The molecule has 3 aliphatic rings. The molecule has 1 aliphatic carbocycles. The Balaban J connectivity index is 1.55. The second-order valence-electron chi connectivity index (χ2n) is 8.43. The molecule has 0 radical (unpaired) electrons. The van der Waals surface area contributed by atoms with E-state index in [0.717, 1.165) is 39.1 Å². The van der Waals surface area contributed by atoms with E-state index < -0.39 is 0 Å². The molecule has 2 aromatic rings. The van der Waals surface area contributed by atoms with Crippen LogP contribution < -0.4 is 4.90 Å². The number of carbonyl (C=O) groups is 1. The van der Waals surface area contributed by atoms with Gasteiger partial charge in [-0.15, -0.1) is 0 Å². The van der Waals surface area contributed by atoms with Crippen molar-refractivity contribution in [1.29, 1.82) is 0 Å².